The van der Waals surface area contributed by atoms with Gasteiger partial charge in [0.15, 0.2) is 0 Å². The number of amides is 2. The lowest BCUT2D eigenvalue weighted by molar-refractivity contribution is -0.134. The number of hydrogen-bond acceptors (Lipinski definition) is 5. The van der Waals surface area contributed by atoms with Crippen LogP contribution in [0.2, 0.25) is 0 Å². The molecule has 7 heteroatoms. The molecule has 2 saturated heterocycles. The summed E-state index contributed by atoms with van der Waals surface area (Å²) in [5, 5.41) is 0.871. The summed E-state index contributed by atoms with van der Waals surface area (Å²) < 4.78 is 5.32. The van der Waals surface area contributed by atoms with Crippen LogP contribution in [-0.2, 0) is 9.53 Å². The number of nitrogens with zero attached hydrogens (tertiary/aromatic N) is 4. The van der Waals surface area contributed by atoms with Crippen LogP contribution in [0.4, 0.5) is 0 Å². The number of carbonyl (C=O) groups excluding carboxylic acids is 2. The zero-order valence-electron chi connectivity index (χ0n) is 15.3. The molecular formula is C20H24N4O3. The maximum Gasteiger partial charge on any atom is 0.254 e. The lowest BCUT2D eigenvalue weighted by Gasteiger charge is -2.36. The molecule has 142 valence electrons. The van der Waals surface area contributed by atoms with Gasteiger partial charge in [0, 0.05) is 50.9 Å². The number of aromatic nitrogens is 1. The summed E-state index contributed by atoms with van der Waals surface area (Å²) in [4.78, 5) is 35.7. The van der Waals surface area contributed by atoms with Crippen LogP contribution in [0.15, 0.2) is 36.5 Å². The summed E-state index contributed by atoms with van der Waals surface area (Å²) in [6.45, 7) is 5.71. The first-order chi connectivity index (χ1) is 13.2. The van der Waals surface area contributed by atoms with Crippen molar-refractivity contribution in [3.63, 3.8) is 0 Å². The lowest BCUT2D eigenvalue weighted by atomic mass is 10.1. The van der Waals surface area contributed by atoms with E-state index in [-0.39, 0.29) is 11.8 Å². The molecule has 0 aliphatic carbocycles. The molecular weight excluding hydrogens is 344 g/mol. The number of pyridine rings is 1. The van der Waals surface area contributed by atoms with Crippen molar-refractivity contribution in [3.8, 4) is 0 Å². The van der Waals surface area contributed by atoms with Crippen LogP contribution < -0.4 is 0 Å². The molecule has 0 unspecified atom stereocenters. The van der Waals surface area contributed by atoms with Crippen molar-refractivity contribution in [1.82, 2.24) is 19.7 Å². The van der Waals surface area contributed by atoms with Gasteiger partial charge in [-0.3, -0.25) is 19.5 Å². The Hall–Kier alpha value is -2.51. The highest BCUT2D eigenvalue weighted by atomic mass is 16.5. The van der Waals surface area contributed by atoms with Crippen molar-refractivity contribution in [2.75, 3.05) is 59.0 Å². The Kier molecular flexibility index (Phi) is 5.31. The Morgan fingerprint density at radius 2 is 1.63 bits per heavy atom. The Balaban J connectivity index is 1.37. The third-order valence-electron chi connectivity index (χ3n) is 5.26. The molecule has 1 aromatic carbocycles. The highest BCUT2D eigenvalue weighted by Crippen LogP contribution is 2.19. The fraction of sp³-hybridized carbons (Fsp3) is 0.450. The summed E-state index contributed by atoms with van der Waals surface area (Å²) in [5.41, 5.74) is 1.50. The Morgan fingerprint density at radius 3 is 2.41 bits per heavy atom. The topological polar surface area (TPSA) is 66.0 Å². The molecule has 1 aromatic heterocycles. The summed E-state index contributed by atoms with van der Waals surface area (Å²) >= 11 is 0. The molecule has 2 fully saturated rings. The van der Waals surface area contributed by atoms with E-state index in [1.165, 1.54) is 0 Å². The van der Waals surface area contributed by atoms with Gasteiger partial charge in [0.05, 0.1) is 30.8 Å². The fourth-order valence-electron chi connectivity index (χ4n) is 3.66. The van der Waals surface area contributed by atoms with E-state index in [9.17, 15) is 9.59 Å². The standard InChI is InChI=1S/C20H24N4O3/c25-19(15-22-11-13-27-14-12-22)23-7-9-24(10-8-23)20(26)17-5-6-21-18-4-2-1-3-16(17)18/h1-6H,7-15H2. The molecule has 0 bridgehead atoms. The fourth-order valence-corrected chi connectivity index (χ4v) is 3.66. The van der Waals surface area contributed by atoms with Gasteiger partial charge in [-0.25, -0.2) is 0 Å². The summed E-state index contributed by atoms with van der Waals surface area (Å²) in [7, 11) is 0. The van der Waals surface area contributed by atoms with Crippen molar-refractivity contribution < 1.29 is 14.3 Å². The summed E-state index contributed by atoms with van der Waals surface area (Å²) in [6.07, 6.45) is 1.68. The van der Waals surface area contributed by atoms with Crippen LogP contribution in [0.25, 0.3) is 10.9 Å². The van der Waals surface area contributed by atoms with Gasteiger partial charge in [0.1, 0.15) is 0 Å². The Morgan fingerprint density at radius 1 is 0.926 bits per heavy atom. The van der Waals surface area contributed by atoms with Gasteiger partial charge in [-0.1, -0.05) is 18.2 Å². The van der Waals surface area contributed by atoms with Crippen LogP contribution in [0.1, 0.15) is 10.4 Å². The molecule has 2 aromatic rings. The van der Waals surface area contributed by atoms with E-state index in [4.69, 9.17) is 4.74 Å². The average Bonchev–Trinajstić information content (AvgIpc) is 2.73. The monoisotopic (exact) mass is 368 g/mol. The number of rotatable bonds is 3. The Labute approximate surface area is 158 Å². The highest BCUT2D eigenvalue weighted by molar-refractivity contribution is 6.06. The first kappa shape index (κ1) is 17.9. The second-order valence-corrected chi connectivity index (χ2v) is 6.94. The lowest BCUT2D eigenvalue weighted by Crippen LogP contribution is -2.53. The smallest absolute Gasteiger partial charge is 0.254 e. The van der Waals surface area contributed by atoms with Crippen LogP contribution >= 0.6 is 0 Å². The van der Waals surface area contributed by atoms with Gasteiger partial charge in [0.2, 0.25) is 5.91 Å². The van der Waals surface area contributed by atoms with Crippen LogP contribution in [-0.4, -0.2) is 90.5 Å². The first-order valence-corrected chi connectivity index (χ1v) is 9.43. The summed E-state index contributed by atoms with van der Waals surface area (Å²) in [6, 6.07) is 9.46. The molecule has 27 heavy (non-hydrogen) atoms. The number of piperazine rings is 1. The number of benzene rings is 1. The number of hydrogen-bond donors (Lipinski definition) is 0. The normalized spacial score (nSPS) is 18.7. The second kappa shape index (κ2) is 8.02. The minimum absolute atomic E-state index is 0.00822. The molecule has 0 radical (unpaired) electrons. The zero-order valence-corrected chi connectivity index (χ0v) is 15.3. The van der Waals surface area contributed by atoms with Gasteiger partial charge in [-0.05, 0) is 12.1 Å². The maximum absolute atomic E-state index is 13.0. The van der Waals surface area contributed by atoms with Crippen molar-refractivity contribution >= 4 is 22.7 Å². The number of fused-ring (bicyclic) bond motifs is 1. The van der Waals surface area contributed by atoms with E-state index < -0.39 is 0 Å². The maximum atomic E-state index is 13.0. The van der Waals surface area contributed by atoms with E-state index in [0.29, 0.717) is 51.5 Å². The van der Waals surface area contributed by atoms with Crippen LogP contribution in [0.3, 0.4) is 0 Å². The minimum Gasteiger partial charge on any atom is -0.379 e. The van der Waals surface area contributed by atoms with Gasteiger partial charge in [0.25, 0.3) is 5.91 Å². The molecule has 0 saturated carbocycles. The van der Waals surface area contributed by atoms with Gasteiger partial charge < -0.3 is 14.5 Å². The quantitative estimate of drug-likeness (QED) is 0.804. The average molecular weight is 368 g/mol. The molecule has 2 aliphatic rings. The van der Waals surface area contributed by atoms with E-state index in [0.717, 1.165) is 24.0 Å². The third kappa shape index (κ3) is 3.94. The minimum atomic E-state index is 0.00822. The van der Waals surface area contributed by atoms with E-state index in [1.807, 2.05) is 34.1 Å². The van der Waals surface area contributed by atoms with Gasteiger partial charge >= 0.3 is 0 Å². The molecule has 2 aliphatic heterocycles. The van der Waals surface area contributed by atoms with E-state index in [1.54, 1.807) is 12.3 Å². The van der Waals surface area contributed by atoms with E-state index in [2.05, 4.69) is 9.88 Å². The predicted octanol–water partition coefficient (Wildman–Crippen LogP) is 0.851. The highest BCUT2D eigenvalue weighted by Gasteiger charge is 2.27. The molecule has 0 N–H and O–H groups in total. The number of ether oxygens (including phenoxy) is 1. The molecule has 0 spiro atoms. The van der Waals surface area contributed by atoms with Crippen LogP contribution in [0.5, 0.6) is 0 Å². The number of morpholine rings is 1. The number of carbonyl (C=O) groups is 2. The van der Waals surface area contributed by atoms with Gasteiger partial charge in [-0.2, -0.15) is 0 Å². The van der Waals surface area contributed by atoms with Crippen molar-refractivity contribution in [1.29, 1.82) is 0 Å². The number of para-hydroxylation sites is 1. The summed E-state index contributed by atoms with van der Waals surface area (Å²) in [5.74, 6) is 0.146. The van der Waals surface area contributed by atoms with E-state index >= 15 is 0 Å². The predicted molar refractivity (Wildman–Crippen MR) is 101 cm³/mol. The molecule has 0 atom stereocenters. The van der Waals surface area contributed by atoms with Crippen molar-refractivity contribution in [2.45, 2.75) is 0 Å². The second-order valence-electron chi connectivity index (χ2n) is 6.94. The SMILES string of the molecule is O=C(CN1CCOCC1)N1CCN(C(=O)c2ccnc3ccccc23)CC1. The first-order valence-electron chi connectivity index (χ1n) is 9.43. The van der Waals surface area contributed by atoms with Crippen molar-refractivity contribution in [2.24, 2.45) is 0 Å². The molecule has 2 amide bonds. The third-order valence-corrected chi connectivity index (χ3v) is 5.26. The van der Waals surface area contributed by atoms with Gasteiger partial charge in [-0.15, -0.1) is 0 Å². The molecule has 7 nitrogen and oxygen atoms in total. The van der Waals surface area contributed by atoms with Crippen molar-refractivity contribution in [3.05, 3.63) is 42.1 Å². The van der Waals surface area contributed by atoms with Crippen LogP contribution in [0, 0.1) is 0 Å². The zero-order chi connectivity index (χ0) is 18.6. The molecule has 4 rings (SSSR count). The molecule has 3 heterocycles. The largest absolute Gasteiger partial charge is 0.379 e. The Bertz CT molecular complexity index is 822.